The molecule has 3 rings (SSSR count). The fourth-order valence-corrected chi connectivity index (χ4v) is 3.37. The fraction of sp³-hybridized carbons (Fsp3) is 0.176. The molecular formula is C17H17N3O3S. The van der Waals surface area contributed by atoms with Gasteiger partial charge in [0.25, 0.3) is 10.0 Å². The van der Waals surface area contributed by atoms with Crippen LogP contribution in [-0.4, -0.2) is 18.1 Å². The third-order valence-corrected chi connectivity index (χ3v) is 4.83. The van der Waals surface area contributed by atoms with Gasteiger partial charge in [0.15, 0.2) is 5.69 Å². The van der Waals surface area contributed by atoms with E-state index in [1.807, 2.05) is 26.0 Å². The van der Waals surface area contributed by atoms with E-state index < -0.39 is 10.0 Å². The van der Waals surface area contributed by atoms with E-state index in [0.29, 0.717) is 5.39 Å². The van der Waals surface area contributed by atoms with Gasteiger partial charge in [-0.25, -0.2) is 0 Å². The largest absolute Gasteiger partial charge is 0.493 e. The summed E-state index contributed by atoms with van der Waals surface area (Å²) in [6.07, 6.45) is 0. The van der Waals surface area contributed by atoms with Crippen LogP contribution in [0.3, 0.4) is 0 Å². The van der Waals surface area contributed by atoms with Crippen molar-refractivity contribution in [2.24, 2.45) is 9.63 Å². The lowest BCUT2D eigenvalue weighted by atomic mass is 10.2. The number of sulfonamides is 1. The minimum atomic E-state index is -3.92. The molecule has 3 aromatic rings. The van der Waals surface area contributed by atoms with Crippen LogP contribution in [0.15, 0.2) is 69.1 Å². The highest BCUT2D eigenvalue weighted by atomic mass is 32.2. The first-order valence-electron chi connectivity index (χ1n) is 7.47. The summed E-state index contributed by atoms with van der Waals surface area (Å²) >= 11 is 0. The van der Waals surface area contributed by atoms with Crippen LogP contribution in [0, 0.1) is 0 Å². The van der Waals surface area contributed by atoms with Gasteiger partial charge in [-0.3, -0.25) is 0 Å². The number of para-hydroxylation sites is 1. The molecule has 0 aliphatic rings. The number of aromatic nitrogens is 1. The molecule has 0 aliphatic carbocycles. The van der Waals surface area contributed by atoms with Crippen molar-refractivity contribution in [1.82, 2.24) is 4.57 Å². The van der Waals surface area contributed by atoms with Gasteiger partial charge in [-0.1, -0.05) is 40.9 Å². The van der Waals surface area contributed by atoms with E-state index in [9.17, 15) is 13.5 Å². The lowest BCUT2D eigenvalue weighted by molar-refractivity contribution is 0.407. The molecule has 24 heavy (non-hydrogen) atoms. The molecule has 0 bridgehead atoms. The maximum Gasteiger partial charge on any atom is 0.299 e. The lowest BCUT2D eigenvalue weighted by Crippen LogP contribution is -1.98. The van der Waals surface area contributed by atoms with Crippen molar-refractivity contribution < 1.29 is 13.5 Å². The molecule has 0 amide bonds. The van der Waals surface area contributed by atoms with E-state index in [4.69, 9.17) is 0 Å². The van der Waals surface area contributed by atoms with Crippen LogP contribution in [0.25, 0.3) is 10.9 Å². The highest BCUT2D eigenvalue weighted by Crippen LogP contribution is 2.41. The molecule has 1 heterocycles. The van der Waals surface area contributed by atoms with Crippen LogP contribution in [-0.2, 0) is 10.0 Å². The lowest BCUT2D eigenvalue weighted by Gasteiger charge is -2.10. The molecule has 0 atom stereocenters. The summed E-state index contributed by atoms with van der Waals surface area (Å²) in [6.45, 7) is 3.85. The molecule has 7 heteroatoms. The van der Waals surface area contributed by atoms with Crippen LogP contribution < -0.4 is 0 Å². The van der Waals surface area contributed by atoms with Gasteiger partial charge in [-0.15, -0.1) is 5.11 Å². The zero-order valence-electron chi connectivity index (χ0n) is 13.3. The van der Waals surface area contributed by atoms with Crippen molar-refractivity contribution >= 4 is 26.6 Å². The summed E-state index contributed by atoms with van der Waals surface area (Å²) < 4.78 is 29.7. The van der Waals surface area contributed by atoms with Gasteiger partial charge >= 0.3 is 0 Å². The number of hydrogen-bond donors (Lipinski definition) is 1. The predicted octanol–water partition coefficient (Wildman–Crippen LogP) is 4.40. The second-order valence-electron chi connectivity index (χ2n) is 5.62. The second kappa shape index (κ2) is 6.09. The van der Waals surface area contributed by atoms with E-state index in [0.717, 1.165) is 5.52 Å². The summed E-state index contributed by atoms with van der Waals surface area (Å²) in [5.74, 6) is -0.0989. The Labute approximate surface area is 140 Å². The summed E-state index contributed by atoms with van der Waals surface area (Å²) in [6, 6.07) is 15.1. The van der Waals surface area contributed by atoms with Gasteiger partial charge in [0.1, 0.15) is 0 Å². The number of fused-ring (bicyclic) bond motifs is 1. The number of aromatic hydroxyl groups is 1. The Balaban J connectivity index is 2.13. The van der Waals surface area contributed by atoms with Gasteiger partial charge in [-0.05, 0) is 32.0 Å². The van der Waals surface area contributed by atoms with E-state index in [1.165, 1.54) is 12.1 Å². The molecule has 124 valence electrons. The predicted molar refractivity (Wildman–Crippen MR) is 92.1 cm³/mol. The molecule has 2 aromatic carbocycles. The second-order valence-corrected chi connectivity index (χ2v) is 7.21. The van der Waals surface area contributed by atoms with Crippen LogP contribution >= 0.6 is 0 Å². The maximum absolute atomic E-state index is 12.2. The Hall–Kier alpha value is -2.67. The van der Waals surface area contributed by atoms with Crippen molar-refractivity contribution in [3.63, 3.8) is 0 Å². The first-order valence-corrected chi connectivity index (χ1v) is 8.91. The van der Waals surface area contributed by atoms with Crippen molar-refractivity contribution in [1.29, 1.82) is 0 Å². The molecule has 0 saturated heterocycles. The normalized spacial score (nSPS) is 12.5. The summed E-state index contributed by atoms with van der Waals surface area (Å²) in [5.41, 5.74) is 0.926. The maximum atomic E-state index is 12.2. The Bertz CT molecular complexity index is 1010. The molecule has 0 radical (unpaired) electrons. The van der Waals surface area contributed by atoms with E-state index in [-0.39, 0.29) is 22.5 Å². The fourth-order valence-electron chi connectivity index (χ4n) is 2.59. The van der Waals surface area contributed by atoms with Gasteiger partial charge in [0.2, 0.25) is 5.88 Å². The van der Waals surface area contributed by atoms with Crippen molar-refractivity contribution in [3.8, 4) is 5.88 Å². The van der Waals surface area contributed by atoms with Crippen molar-refractivity contribution in [2.45, 2.75) is 24.8 Å². The SMILES string of the molecule is CC(C)n1c(O)c(N=NS(=O)(=O)c2ccccc2)c2ccccc21. The number of hydrogen-bond acceptors (Lipinski definition) is 4. The van der Waals surface area contributed by atoms with Crippen LogP contribution in [0.1, 0.15) is 19.9 Å². The summed E-state index contributed by atoms with van der Waals surface area (Å²) in [4.78, 5) is 0.0563. The average molecular weight is 343 g/mol. The molecule has 6 nitrogen and oxygen atoms in total. The monoisotopic (exact) mass is 343 g/mol. The highest BCUT2D eigenvalue weighted by molar-refractivity contribution is 7.90. The third-order valence-electron chi connectivity index (χ3n) is 3.66. The molecule has 0 fully saturated rings. The van der Waals surface area contributed by atoms with Gasteiger partial charge in [0, 0.05) is 11.4 Å². The minimum absolute atomic E-state index is 0.00965. The summed E-state index contributed by atoms with van der Waals surface area (Å²) in [5, 5.41) is 15.0. The van der Waals surface area contributed by atoms with Crippen LogP contribution in [0.2, 0.25) is 0 Å². The zero-order chi connectivity index (χ0) is 17.3. The standard InChI is InChI=1S/C17H17N3O3S/c1-12(2)20-15-11-7-6-10-14(15)16(17(20)21)18-19-24(22,23)13-8-4-3-5-9-13/h3-12,21H,1-2H3. The van der Waals surface area contributed by atoms with Gasteiger partial charge in [-0.2, -0.15) is 8.42 Å². The molecule has 0 spiro atoms. The molecule has 1 N–H and O–H groups in total. The van der Waals surface area contributed by atoms with E-state index in [1.54, 1.807) is 34.9 Å². The molecule has 0 saturated carbocycles. The Morgan fingerprint density at radius 3 is 2.29 bits per heavy atom. The van der Waals surface area contributed by atoms with E-state index in [2.05, 4.69) is 9.63 Å². The zero-order valence-corrected chi connectivity index (χ0v) is 14.1. The molecule has 0 aliphatic heterocycles. The first-order chi connectivity index (χ1) is 11.4. The number of benzene rings is 2. The smallest absolute Gasteiger partial charge is 0.299 e. The van der Waals surface area contributed by atoms with Crippen molar-refractivity contribution in [2.75, 3.05) is 0 Å². The van der Waals surface area contributed by atoms with Gasteiger partial charge < -0.3 is 9.67 Å². The first kappa shape index (κ1) is 16.2. The Kier molecular flexibility index (Phi) is 4.11. The average Bonchev–Trinajstić information content (AvgIpc) is 2.85. The Morgan fingerprint density at radius 2 is 1.62 bits per heavy atom. The summed E-state index contributed by atoms with van der Waals surface area (Å²) in [7, 11) is -3.92. The van der Waals surface area contributed by atoms with Crippen LogP contribution in [0.5, 0.6) is 5.88 Å². The minimum Gasteiger partial charge on any atom is -0.493 e. The quantitative estimate of drug-likeness (QED) is 0.713. The topological polar surface area (TPSA) is 84.0 Å². The highest BCUT2D eigenvalue weighted by Gasteiger charge is 2.19. The van der Waals surface area contributed by atoms with E-state index >= 15 is 0 Å². The third kappa shape index (κ3) is 2.78. The van der Waals surface area contributed by atoms with Crippen molar-refractivity contribution in [3.05, 3.63) is 54.6 Å². The van der Waals surface area contributed by atoms with Gasteiger partial charge in [0.05, 0.1) is 10.4 Å². The Morgan fingerprint density at radius 1 is 1.00 bits per heavy atom. The van der Waals surface area contributed by atoms with Crippen LogP contribution in [0.4, 0.5) is 5.69 Å². The molecular weight excluding hydrogens is 326 g/mol. The number of nitrogens with zero attached hydrogens (tertiary/aromatic N) is 3. The number of rotatable bonds is 4. The molecule has 0 unspecified atom stereocenters. The molecule has 1 aromatic heterocycles.